The molecule has 0 radical (unpaired) electrons. The molecule has 0 amide bonds. The van der Waals surface area contributed by atoms with Crippen molar-refractivity contribution in [3.05, 3.63) is 107 Å². The van der Waals surface area contributed by atoms with Crippen molar-refractivity contribution >= 4 is 43.1 Å². The molecule has 0 atom stereocenters. The lowest BCUT2D eigenvalue weighted by molar-refractivity contribution is 0.0128. The van der Waals surface area contributed by atoms with Crippen molar-refractivity contribution in [2.75, 3.05) is 79.3 Å². The molecule has 6 aromatic rings. The molecule has 2 aromatic carbocycles. The van der Waals surface area contributed by atoms with Gasteiger partial charge >= 0.3 is 0 Å². The Labute approximate surface area is 327 Å². The third kappa shape index (κ3) is 8.34. The van der Waals surface area contributed by atoms with E-state index in [1.165, 1.54) is 24.3 Å². The Morgan fingerprint density at radius 2 is 0.414 bits per heavy atom. The Hall–Kier alpha value is -5.24. The van der Waals surface area contributed by atoms with Gasteiger partial charge in [0, 0.05) is 52.6 Å². The van der Waals surface area contributed by atoms with Gasteiger partial charge in [-0.25, -0.2) is 0 Å². The van der Waals surface area contributed by atoms with Crippen LogP contribution in [0.3, 0.4) is 0 Å². The molecule has 0 unspecified atom stereocenters. The summed E-state index contributed by atoms with van der Waals surface area (Å²) in [5.74, 6) is 0. The summed E-state index contributed by atoms with van der Waals surface area (Å²) in [6.45, 7) is 3.59. The van der Waals surface area contributed by atoms with Crippen molar-refractivity contribution < 1.29 is 28.4 Å². The van der Waals surface area contributed by atoms with Crippen LogP contribution in [-0.4, -0.2) is 97.6 Å². The van der Waals surface area contributed by atoms with Crippen LogP contribution in [0.15, 0.2) is 62.6 Å². The number of nitrogens with zero attached hydrogens (tertiary/aromatic N) is 4. The highest BCUT2D eigenvalue weighted by atomic mass is 16.5. The van der Waals surface area contributed by atoms with Crippen LogP contribution >= 0.6 is 0 Å². The van der Waals surface area contributed by atoms with E-state index in [-0.39, 0.29) is 149 Å². The molecule has 10 rings (SSSR count). The SMILES string of the molecule is O=c1c2cc3c(=O)n4c(=O)c3cc2c(=O)n1CCCOCCOCCOCCCn1c(=O)c2cc3c(=O)n(c(=O)c3cc2c1=O)CCCOCCOCCOCCC4. The predicted octanol–water partition coefficient (Wildman–Crippen LogP) is -0.488. The number of ether oxygens (including phenoxy) is 6. The molecule has 0 aliphatic carbocycles. The summed E-state index contributed by atoms with van der Waals surface area (Å²) in [5.41, 5.74) is -4.22. The van der Waals surface area contributed by atoms with Crippen LogP contribution < -0.4 is 44.5 Å². The molecule has 0 N–H and O–H groups in total. The fourth-order valence-electron chi connectivity index (χ4n) is 7.34. The van der Waals surface area contributed by atoms with Gasteiger partial charge in [-0.3, -0.25) is 56.6 Å². The minimum atomic E-state index is -0.528. The topological polar surface area (TPSA) is 212 Å². The zero-order chi connectivity index (χ0) is 40.8. The lowest BCUT2D eigenvalue weighted by Gasteiger charge is -2.07. The average molecular weight is 805 g/mol. The Bertz CT molecular complexity index is 2310. The standard InChI is InChI=1S/C40H44N4O14/c45-33-25-21-27-28-22-26(25)34(46)41(33)5-1-9-53-13-17-57-18-14-54-10-3-7-43-37(49)29-23-31-32(24-30(29)38(43)50)40(52)44(39(31)51)8-4-12-56-16-20-58-19-15-55-11-2-6-42(35(27)47)36(28)48/h21-24H,1-20H2. The molecule has 18 nitrogen and oxygen atoms in total. The van der Waals surface area contributed by atoms with E-state index >= 15 is 0 Å². The van der Waals surface area contributed by atoms with Crippen LogP contribution in [0.1, 0.15) is 25.7 Å². The summed E-state index contributed by atoms with van der Waals surface area (Å²) < 4.78 is 37.7. The molecule has 58 heavy (non-hydrogen) atoms. The average Bonchev–Trinajstić information content (AvgIpc) is 3.79. The van der Waals surface area contributed by atoms with E-state index in [0.29, 0.717) is 25.7 Å². The molecule has 4 aromatic heterocycles. The van der Waals surface area contributed by atoms with Crippen molar-refractivity contribution in [3.63, 3.8) is 0 Å². The van der Waals surface area contributed by atoms with Crippen LogP contribution in [0.2, 0.25) is 0 Å². The third-order valence-corrected chi connectivity index (χ3v) is 10.3. The smallest absolute Gasteiger partial charge is 0.261 e. The third-order valence-electron chi connectivity index (χ3n) is 10.3. The van der Waals surface area contributed by atoms with Gasteiger partial charge in [-0.1, -0.05) is 0 Å². The summed E-state index contributed by atoms with van der Waals surface area (Å²) in [6.07, 6.45) is 1.47. The summed E-state index contributed by atoms with van der Waals surface area (Å²) in [6, 6.07) is 5.35. The van der Waals surface area contributed by atoms with Gasteiger partial charge in [0.15, 0.2) is 0 Å². The number of hydrogen-bond acceptors (Lipinski definition) is 14. The highest BCUT2D eigenvalue weighted by Crippen LogP contribution is 2.16. The van der Waals surface area contributed by atoms with E-state index in [0.717, 1.165) is 18.3 Å². The van der Waals surface area contributed by atoms with Gasteiger partial charge in [0.05, 0.1) is 95.9 Å². The van der Waals surface area contributed by atoms with E-state index in [4.69, 9.17) is 28.4 Å². The lowest BCUT2D eigenvalue weighted by atomic mass is 10.1. The largest absolute Gasteiger partial charge is 0.379 e. The van der Waals surface area contributed by atoms with Gasteiger partial charge in [-0.05, 0) is 49.9 Å². The second kappa shape index (κ2) is 18.6. The van der Waals surface area contributed by atoms with Crippen molar-refractivity contribution in [1.29, 1.82) is 0 Å². The van der Waals surface area contributed by atoms with Crippen molar-refractivity contribution in [2.45, 2.75) is 51.9 Å². The highest BCUT2D eigenvalue weighted by molar-refractivity contribution is 5.98. The first-order valence-electron chi connectivity index (χ1n) is 19.5. The van der Waals surface area contributed by atoms with Crippen molar-refractivity contribution in [1.82, 2.24) is 18.3 Å². The van der Waals surface area contributed by atoms with Crippen LogP contribution in [-0.2, 0) is 54.6 Å². The van der Waals surface area contributed by atoms with E-state index in [9.17, 15) is 38.4 Å². The molecule has 0 fully saturated rings. The second-order valence-corrected chi connectivity index (χ2v) is 14.0. The van der Waals surface area contributed by atoms with Crippen molar-refractivity contribution in [2.24, 2.45) is 0 Å². The summed E-state index contributed by atoms with van der Waals surface area (Å²) in [4.78, 5) is 105. The summed E-state index contributed by atoms with van der Waals surface area (Å²) in [5, 5.41) is 0.715. The molecule has 4 aliphatic rings. The summed E-state index contributed by atoms with van der Waals surface area (Å²) >= 11 is 0. The first-order valence-corrected chi connectivity index (χ1v) is 19.5. The maximum Gasteiger partial charge on any atom is 0.261 e. The number of aromatic nitrogens is 4. The normalized spacial score (nSPS) is 17.8. The zero-order valence-corrected chi connectivity index (χ0v) is 32.0. The lowest BCUT2D eigenvalue weighted by Crippen LogP contribution is -2.27. The van der Waals surface area contributed by atoms with Gasteiger partial charge in [0.2, 0.25) is 0 Å². The van der Waals surface area contributed by atoms with Gasteiger partial charge in [-0.2, -0.15) is 0 Å². The van der Waals surface area contributed by atoms with Gasteiger partial charge in [-0.15, -0.1) is 0 Å². The Balaban J connectivity index is 0.965. The van der Waals surface area contributed by atoms with Crippen molar-refractivity contribution in [3.8, 4) is 0 Å². The molecular weight excluding hydrogens is 760 g/mol. The van der Waals surface area contributed by atoms with E-state index in [1.807, 2.05) is 0 Å². The van der Waals surface area contributed by atoms with Gasteiger partial charge in [0.1, 0.15) is 0 Å². The molecule has 0 spiro atoms. The maximum atomic E-state index is 13.1. The minimum Gasteiger partial charge on any atom is -0.379 e. The summed E-state index contributed by atoms with van der Waals surface area (Å²) in [7, 11) is 0. The molecule has 12 bridgehead atoms. The number of benzene rings is 2. The van der Waals surface area contributed by atoms with E-state index in [2.05, 4.69) is 0 Å². The van der Waals surface area contributed by atoms with E-state index < -0.39 is 44.5 Å². The molecule has 8 heterocycles. The number of hydrogen-bond donors (Lipinski definition) is 0. The Kier molecular flexibility index (Phi) is 13.1. The molecule has 4 aliphatic heterocycles. The quantitative estimate of drug-likeness (QED) is 0.190. The monoisotopic (exact) mass is 804 g/mol. The first kappa shape index (κ1) is 40.9. The van der Waals surface area contributed by atoms with E-state index in [1.54, 1.807) is 0 Å². The van der Waals surface area contributed by atoms with Gasteiger partial charge < -0.3 is 28.4 Å². The zero-order valence-electron chi connectivity index (χ0n) is 32.0. The highest BCUT2D eigenvalue weighted by Gasteiger charge is 2.21. The van der Waals surface area contributed by atoms with Crippen LogP contribution in [0.4, 0.5) is 0 Å². The molecule has 308 valence electrons. The number of rotatable bonds is 0. The fourth-order valence-corrected chi connectivity index (χ4v) is 7.34. The minimum absolute atomic E-state index is 0.0893. The van der Waals surface area contributed by atoms with Crippen LogP contribution in [0.25, 0.3) is 43.1 Å². The maximum absolute atomic E-state index is 13.1. The van der Waals surface area contributed by atoms with Crippen LogP contribution in [0.5, 0.6) is 0 Å². The van der Waals surface area contributed by atoms with Gasteiger partial charge in [0.25, 0.3) is 44.5 Å². The fraction of sp³-hybridized carbons (Fsp3) is 0.500. The molecule has 18 heteroatoms. The first-order chi connectivity index (χ1) is 28.2. The Morgan fingerprint density at radius 3 is 0.586 bits per heavy atom. The second-order valence-electron chi connectivity index (χ2n) is 14.0. The predicted molar refractivity (Wildman–Crippen MR) is 213 cm³/mol. The molecule has 0 saturated heterocycles. The molecule has 0 saturated carbocycles. The van der Waals surface area contributed by atoms with Crippen LogP contribution in [0, 0.1) is 0 Å². The molecular formula is C40H44N4O14. The Morgan fingerprint density at radius 1 is 0.259 bits per heavy atom.